The van der Waals surface area contributed by atoms with Gasteiger partial charge in [0.25, 0.3) is 0 Å². The molecule has 0 aliphatic carbocycles. The van der Waals surface area contributed by atoms with Crippen LogP contribution in [0.5, 0.6) is 0 Å². The molecule has 1 heterocycles. The Kier molecular flexibility index (Phi) is 3.17. The summed E-state index contributed by atoms with van der Waals surface area (Å²) in [6.07, 6.45) is 0. The van der Waals surface area contributed by atoms with Crippen molar-refractivity contribution in [2.24, 2.45) is 0 Å². The molecular formula is C12H9ClFNO. The van der Waals surface area contributed by atoms with E-state index in [9.17, 15) is 4.39 Å². The number of hydrogen-bond donors (Lipinski definition) is 1. The molecule has 4 heteroatoms. The molecule has 0 radical (unpaired) electrons. The van der Waals surface area contributed by atoms with Crippen molar-refractivity contribution >= 4 is 11.6 Å². The van der Waals surface area contributed by atoms with Crippen molar-refractivity contribution in [1.82, 2.24) is 4.98 Å². The molecule has 1 aromatic heterocycles. The largest absolute Gasteiger partial charge is 0.390 e. The lowest BCUT2D eigenvalue weighted by Gasteiger charge is -2.04. The SMILES string of the molecule is OCc1nc(-c2cccc(F)c2)ccc1Cl. The average molecular weight is 238 g/mol. The Hall–Kier alpha value is -1.45. The van der Waals surface area contributed by atoms with Crippen molar-refractivity contribution in [2.75, 3.05) is 0 Å². The van der Waals surface area contributed by atoms with Gasteiger partial charge in [-0.3, -0.25) is 0 Å². The third-order valence-corrected chi connectivity index (χ3v) is 2.53. The van der Waals surface area contributed by atoms with Gasteiger partial charge in [-0.2, -0.15) is 0 Å². The molecule has 2 aromatic rings. The number of benzene rings is 1. The summed E-state index contributed by atoms with van der Waals surface area (Å²) < 4.78 is 13.0. The van der Waals surface area contributed by atoms with Crippen molar-refractivity contribution in [3.8, 4) is 11.3 Å². The van der Waals surface area contributed by atoms with Gasteiger partial charge in [-0.05, 0) is 24.3 Å². The third-order valence-electron chi connectivity index (χ3n) is 2.19. The summed E-state index contributed by atoms with van der Waals surface area (Å²) in [5.41, 5.74) is 1.64. The molecule has 0 aliphatic heterocycles. The number of nitrogens with zero attached hydrogens (tertiary/aromatic N) is 1. The molecule has 0 saturated carbocycles. The maximum atomic E-state index is 13.0. The number of rotatable bonds is 2. The van der Waals surface area contributed by atoms with Crippen molar-refractivity contribution < 1.29 is 9.50 Å². The van der Waals surface area contributed by atoms with Gasteiger partial charge in [-0.15, -0.1) is 0 Å². The summed E-state index contributed by atoms with van der Waals surface area (Å²) in [7, 11) is 0. The van der Waals surface area contributed by atoms with E-state index in [1.807, 2.05) is 0 Å². The predicted octanol–water partition coefficient (Wildman–Crippen LogP) is 3.03. The molecule has 0 saturated heterocycles. The van der Waals surface area contributed by atoms with Gasteiger partial charge in [0.1, 0.15) is 5.82 Å². The van der Waals surface area contributed by atoms with E-state index in [2.05, 4.69) is 4.98 Å². The van der Waals surface area contributed by atoms with Gasteiger partial charge >= 0.3 is 0 Å². The van der Waals surface area contributed by atoms with Crippen LogP contribution in [0.2, 0.25) is 5.02 Å². The maximum Gasteiger partial charge on any atom is 0.123 e. The fourth-order valence-corrected chi connectivity index (χ4v) is 1.57. The number of hydrogen-bond acceptors (Lipinski definition) is 2. The zero-order valence-electron chi connectivity index (χ0n) is 8.32. The van der Waals surface area contributed by atoms with Crippen LogP contribution in [0.4, 0.5) is 4.39 Å². The molecule has 2 rings (SSSR count). The molecule has 1 aromatic carbocycles. The van der Waals surface area contributed by atoms with Crippen molar-refractivity contribution in [3.05, 3.63) is 52.9 Å². The lowest BCUT2D eigenvalue weighted by Crippen LogP contribution is -1.93. The minimum atomic E-state index is -0.320. The van der Waals surface area contributed by atoms with Crippen LogP contribution in [0, 0.1) is 5.82 Å². The highest BCUT2D eigenvalue weighted by Crippen LogP contribution is 2.22. The Morgan fingerprint density at radius 1 is 1.25 bits per heavy atom. The zero-order chi connectivity index (χ0) is 11.5. The molecule has 0 spiro atoms. The Bertz CT molecular complexity index is 516. The Morgan fingerprint density at radius 2 is 2.06 bits per heavy atom. The van der Waals surface area contributed by atoms with E-state index in [0.717, 1.165) is 0 Å². The summed E-state index contributed by atoms with van der Waals surface area (Å²) in [4.78, 5) is 4.15. The average Bonchev–Trinajstić information content (AvgIpc) is 2.29. The Morgan fingerprint density at radius 3 is 2.75 bits per heavy atom. The Balaban J connectivity index is 2.48. The monoisotopic (exact) mass is 237 g/mol. The van der Waals surface area contributed by atoms with Crippen LogP contribution in [0.3, 0.4) is 0 Å². The second-order valence-corrected chi connectivity index (χ2v) is 3.70. The molecule has 0 unspecified atom stereocenters. The highest BCUT2D eigenvalue weighted by molar-refractivity contribution is 6.31. The quantitative estimate of drug-likeness (QED) is 0.871. The maximum absolute atomic E-state index is 13.0. The van der Waals surface area contributed by atoms with Gasteiger partial charge in [-0.1, -0.05) is 23.7 Å². The Labute approximate surface area is 97.3 Å². The number of aliphatic hydroxyl groups is 1. The summed E-state index contributed by atoms with van der Waals surface area (Å²) in [6, 6.07) is 9.44. The molecule has 0 amide bonds. The fourth-order valence-electron chi connectivity index (χ4n) is 1.40. The van der Waals surface area contributed by atoms with Crippen LogP contribution in [0.1, 0.15) is 5.69 Å². The van der Waals surface area contributed by atoms with Crippen LogP contribution < -0.4 is 0 Å². The first-order valence-electron chi connectivity index (χ1n) is 4.73. The van der Waals surface area contributed by atoms with Crippen LogP contribution in [0.25, 0.3) is 11.3 Å². The number of pyridine rings is 1. The third kappa shape index (κ3) is 2.21. The van der Waals surface area contributed by atoms with Crippen LogP contribution in [-0.2, 0) is 6.61 Å². The molecule has 1 N–H and O–H groups in total. The van der Waals surface area contributed by atoms with Gasteiger partial charge in [-0.25, -0.2) is 9.37 Å². The number of aliphatic hydroxyl groups excluding tert-OH is 1. The first-order valence-corrected chi connectivity index (χ1v) is 5.10. The highest BCUT2D eigenvalue weighted by Gasteiger charge is 2.05. The van der Waals surface area contributed by atoms with Gasteiger partial charge in [0, 0.05) is 5.56 Å². The minimum Gasteiger partial charge on any atom is -0.390 e. The molecule has 0 aliphatic rings. The van der Waals surface area contributed by atoms with Crippen molar-refractivity contribution in [2.45, 2.75) is 6.61 Å². The molecule has 0 bridgehead atoms. The topological polar surface area (TPSA) is 33.1 Å². The van der Waals surface area contributed by atoms with Crippen LogP contribution in [0.15, 0.2) is 36.4 Å². The standard InChI is InChI=1S/C12H9ClFNO/c13-10-4-5-11(15-12(10)7-16)8-2-1-3-9(14)6-8/h1-6,16H,7H2. The number of halogens is 2. The van der Waals surface area contributed by atoms with E-state index in [4.69, 9.17) is 16.7 Å². The first kappa shape index (κ1) is 11.0. The van der Waals surface area contributed by atoms with Crippen molar-refractivity contribution in [3.63, 3.8) is 0 Å². The minimum absolute atomic E-state index is 0.234. The fraction of sp³-hybridized carbons (Fsp3) is 0.0833. The molecule has 2 nitrogen and oxygen atoms in total. The molecule has 0 fully saturated rings. The second kappa shape index (κ2) is 4.60. The molecule has 0 atom stereocenters. The second-order valence-electron chi connectivity index (χ2n) is 3.29. The summed E-state index contributed by atoms with van der Waals surface area (Å²) >= 11 is 5.82. The first-order chi connectivity index (χ1) is 7.70. The van der Waals surface area contributed by atoms with E-state index in [0.29, 0.717) is 22.0 Å². The number of aromatic nitrogens is 1. The van der Waals surface area contributed by atoms with E-state index < -0.39 is 0 Å². The van der Waals surface area contributed by atoms with Gasteiger partial charge in [0.05, 0.1) is 23.0 Å². The summed E-state index contributed by atoms with van der Waals surface area (Å²) in [5.74, 6) is -0.320. The van der Waals surface area contributed by atoms with Gasteiger partial charge in [0.2, 0.25) is 0 Å². The lowest BCUT2D eigenvalue weighted by atomic mass is 10.1. The molecular weight excluding hydrogens is 229 g/mol. The van der Waals surface area contributed by atoms with Gasteiger partial charge in [0.15, 0.2) is 0 Å². The lowest BCUT2D eigenvalue weighted by molar-refractivity contribution is 0.277. The predicted molar refractivity (Wildman–Crippen MR) is 60.6 cm³/mol. The van der Waals surface area contributed by atoms with Gasteiger partial charge < -0.3 is 5.11 Å². The highest BCUT2D eigenvalue weighted by atomic mass is 35.5. The van der Waals surface area contributed by atoms with E-state index in [-0.39, 0.29) is 12.4 Å². The van der Waals surface area contributed by atoms with Crippen molar-refractivity contribution in [1.29, 1.82) is 0 Å². The summed E-state index contributed by atoms with van der Waals surface area (Å²) in [5, 5.41) is 9.43. The van der Waals surface area contributed by atoms with Crippen LogP contribution >= 0.6 is 11.6 Å². The smallest absolute Gasteiger partial charge is 0.123 e. The van der Waals surface area contributed by atoms with E-state index in [1.165, 1.54) is 12.1 Å². The molecule has 82 valence electrons. The normalized spacial score (nSPS) is 10.4. The zero-order valence-corrected chi connectivity index (χ0v) is 9.08. The van der Waals surface area contributed by atoms with E-state index in [1.54, 1.807) is 24.3 Å². The van der Waals surface area contributed by atoms with E-state index >= 15 is 0 Å². The summed E-state index contributed by atoms with van der Waals surface area (Å²) in [6.45, 7) is -0.234. The molecule has 16 heavy (non-hydrogen) atoms. The van der Waals surface area contributed by atoms with Crippen LogP contribution in [-0.4, -0.2) is 10.1 Å².